The molecule has 0 saturated carbocycles. The number of rotatable bonds is 3. The maximum absolute atomic E-state index is 12.1. The van der Waals surface area contributed by atoms with Gasteiger partial charge in [-0.25, -0.2) is 4.79 Å². The quantitative estimate of drug-likeness (QED) is 0.850. The first-order valence-corrected chi connectivity index (χ1v) is 9.47. The van der Waals surface area contributed by atoms with E-state index in [1.54, 1.807) is 0 Å². The molecular weight excluding hydrogens is 363 g/mol. The number of hydrogen-bond donors (Lipinski definition) is 1. The zero-order chi connectivity index (χ0) is 17.8. The van der Waals surface area contributed by atoms with Crippen LogP contribution >= 0.6 is 23.2 Å². The van der Waals surface area contributed by atoms with Crippen molar-refractivity contribution < 1.29 is 14.3 Å². The van der Waals surface area contributed by atoms with Gasteiger partial charge in [-0.05, 0) is 57.0 Å². The van der Waals surface area contributed by atoms with E-state index in [1.807, 2.05) is 0 Å². The number of ether oxygens (including phenoxy) is 1. The third kappa shape index (κ3) is 4.66. The lowest BCUT2D eigenvalue weighted by Gasteiger charge is -2.44. The number of piperidine rings is 2. The molecule has 3 rings (SSSR count). The Hall–Kier alpha value is -1.30. The summed E-state index contributed by atoms with van der Waals surface area (Å²) < 4.78 is 5.32. The number of imide groups is 1. The molecule has 136 valence electrons. The summed E-state index contributed by atoms with van der Waals surface area (Å²) in [5, 5.41) is 2.86. The minimum absolute atomic E-state index is 0.266. The summed E-state index contributed by atoms with van der Waals surface area (Å²) in [7, 11) is 0. The van der Waals surface area contributed by atoms with E-state index in [4.69, 9.17) is 27.9 Å². The highest BCUT2D eigenvalue weighted by Crippen LogP contribution is 2.31. The van der Waals surface area contributed by atoms with Gasteiger partial charge in [0.15, 0.2) is 0 Å². The van der Waals surface area contributed by atoms with Gasteiger partial charge in [0.05, 0.1) is 16.7 Å². The van der Waals surface area contributed by atoms with E-state index in [1.165, 1.54) is 31.0 Å². The first-order chi connectivity index (χ1) is 12.0. The van der Waals surface area contributed by atoms with Gasteiger partial charge in [-0.2, -0.15) is 0 Å². The van der Waals surface area contributed by atoms with Gasteiger partial charge in [0.1, 0.15) is 0 Å². The van der Waals surface area contributed by atoms with Crippen LogP contribution < -0.4 is 5.32 Å². The van der Waals surface area contributed by atoms with Crippen LogP contribution in [0.4, 0.5) is 4.79 Å². The highest BCUT2D eigenvalue weighted by Gasteiger charge is 2.33. The number of hydrogen-bond acceptors (Lipinski definition) is 4. The first-order valence-electron chi connectivity index (χ1n) is 8.72. The van der Waals surface area contributed by atoms with Gasteiger partial charge in [0, 0.05) is 17.5 Å². The molecule has 0 aliphatic carbocycles. The standard InChI is InChI=1S/C18H22Cl2N2O3/c19-14-7-6-12(10-15(14)20)17(23)21-18(24)25-11-13-4-3-9-22-8-2-1-5-16(13)22/h6-7,10,13,16H,1-5,8-9,11H2,(H,21,23,24)/t13-,16-/m0/s1. The lowest BCUT2D eigenvalue weighted by Crippen LogP contribution is -2.49. The third-order valence-electron chi connectivity index (χ3n) is 5.05. The molecular formula is C18H22Cl2N2O3. The van der Waals surface area contributed by atoms with Gasteiger partial charge in [0.2, 0.25) is 0 Å². The summed E-state index contributed by atoms with van der Waals surface area (Å²) in [4.78, 5) is 26.5. The molecule has 25 heavy (non-hydrogen) atoms. The van der Waals surface area contributed by atoms with Crippen LogP contribution in [0.25, 0.3) is 0 Å². The predicted molar refractivity (Wildman–Crippen MR) is 97.2 cm³/mol. The molecule has 2 aliphatic heterocycles. The molecule has 2 amide bonds. The van der Waals surface area contributed by atoms with E-state index in [0.29, 0.717) is 23.6 Å². The number of nitrogens with zero attached hydrogens (tertiary/aromatic N) is 1. The highest BCUT2D eigenvalue weighted by molar-refractivity contribution is 6.42. The molecule has 0 radical (unpaired) electrons. The number of benzene rings is 1. The number of carbonyl (C=O) groups is 2. The Morgan fingerprint density at radius 2 is 1.92 bits per heavy atom. The topological polar surface area (TPSA) is 58.6 Å². The van der Waals surface area contributed by atoms with Crippen molar-refractivity contribution in [3.8, 4) is 0 Å². The molecule has 7 heteroatoms. The monoisotopic (exact) mass is 384 g/mol. The van der Waals surface area contributed by atoms with Gasteiger partial charge < -0.3 is 4.74 Å². The normalized spacial score (nSPS) is 23.6. The van der Waals surface area contributed by atoms with Crippen LogP contribution in [0.2, 0.25) is 10.0 Å². The van der Waals surface area contributed by atoms with Gasteiger partial charge in [-0.1, -0.05) is 29.6 Å². The fourth-order valence-electron chi connectivity index (χ4n) is 3.79. The van der Waals surface area contributed by atoms with Gasteiger partial charge in [-0.3, -0.25) is 15.0 Å². The molecule has 2 saturated heterocycles. The van der Waals surface area contributed by atoms with Crippen molar-refractivity contribution in [3.63, 3.8) is 0 Å². The average Bonchev–Trinajstić information content (AvgIpc) is 2.62. The summed E-state index contributed by atoms with van der Waals surface area (Å²) >= 11 is 11.7. The second kappa shape index (κ2) is 8.39. The molecule has 0 spiro atoms. The van der Waals surface area contributed by atoms with Gasteiger partial charge >= 0.3 is 6.09 Å². The maximum atomic E-state index is 12.1. The molecule has 2 fully saturated rings. The summed E-state index contributed by atoms with van der Waals surface area (Å²) in [6.45, 7) is 2.63. The van der Waals surface area contributed by atoms with E-state index < -0.39 is 12.0 Å². The zero-order valence-corrected chi connectivity index (χ0v) is 15.5. The van der Waals surface area contributed by atoms with E-state index >= 15 is 0 Å². The molecule has 5 nitrogen and oxygen atoms in total. The average molecular weight is 385 g/mol. The van der Waals surface area contributed by atoms with Crippen LogP contribution in [0, 0.1) is 5.92 Å². The summed E-state index contributed by atoms with van der Waals surface area (Å²) in [5.41, 5.74) is 0.266. The molecule has 1 aromatic rings. The predicted octanol–water partition coefficient (Wildman–Crippen LogP) is 4.12. The van der Waals surface area contributed by atoms with E-state index in [2.05, 4.69) is 10.2 Å². The van der Waals surface area contributed by atoms with Crippen LogP contribution in [0.1, 0.15) is 42.5 Å². The molecule has 0 aromatic heterocycles. The number of fused-ring (bicyclic) bond motifs is 1. The number of amides is 2. The Morgan fingerprint density at radius 1 is 1.12 bits per heavy atom. The van der Waals surface area contributed by atoms with Crippen LogP contribution in [0.15, 0.2) is 18.2 Å². The lowest BCUT2D eigenvalue weighted by molar-refractivity contribution is 0.0235. The molecule has 1 N–H and O–H groups in total. The van der Waals surface area contributed by atoms with Crippen molar-refractivity contribution in [1.29, 1.82) is 0 Å². The van der Waals surface area contributed by atoms with Crippen molar-refractivity contribution in [1.82, 2.24) is 10.2 Å². The second-order valence-electron chi connectivity index (χ2n) is 6.68. The fraction of sp³-hybridized carbons (Fsp3) is 0.556. The van der Waals surface area contributed by atoms with Crippen LogP contribution in [0.3, 0.4) is 0 Å². The van der Waals surface area contributed by atoms with Gasteiger partial charge in [0.25, 0.3) is 5.91 Å². The minimum Gasteiger partial charge on any atom is -0.449 e. The highest BCUT2D eigenvalue weighted by atomic mass is 35.5. The Kier molecular flexibility index (Phi) is 6.20. The van der Waals surface area contributed by atoms with E-state index in [-0.39, 0.29) is 10.6 Å². The molecule has 2 aliphatic rings. The Bertz CT molecular complexity index is 651. The smallest absolute Gasteiger partial charge is 0.414 e. The number of halogens is 2. The van der Waals surface area contributed by atoms with Crippen molar-refractivity contribution in [2.75, 3.05) is 19.7 Å². The Morgan fingerprint density at radius 3 is 2.72 bits per heavy atom. The van der Waals surface area contributed by atoms with E-state index in [0.717, 1.165) is 32.4 Å². The summed E-state index contributed by atoms with van der Waals surface area (Å²) in [6.07, 6.45) is 5.13. The number of alkyl carbamates (subject to hydrolysis) is 1. The zero-order valence-electron chi connectivity index (χ0n) is 14.0. The molecule has 1 aromatic carbocycles. The fourth-order valence-corrected chi connectivity index (χ4v) is 4.09. The molecule has 0 unspecified atom stereocenters. The van der Waals surface area contributed by atoms with Gasteiger partial charge in [-0.15, -0.1) is 0 Å². The van der Waals surface area contributed by atoms with Crippen LogP contribution in [-0.2, 0) is 4.74 Å². The first kappa shape index (κ1) is 18.5. The molecule has 0 bridgehead atoms. The second-order valence-corrected chi connectivity index (χ2v) is 7.50. The maximum Gasteiger partial charge on any atom is 0.414 e. The SMILES string of the molecule is O=C(NC(=O)c1ccc(Cl)c(Cl)c1)OC[C@@H]1CCCN2CCCC[C@@H]12. The van der Waals surface area contributed by atoms with Crippen LogP contribution in [0.5, 0.6) is 0 Å². The van der Waals surface area contributed by atoms with E-state index in [9.17, 15) is 9.59 Å². The number of carbonyl (C=O) groups excluding carboxylic acids is 2. The van der Waals surface area contributed by atoms with Crippen molar-refractivity contribution >= 4 is 35.2 Å². The third-order valence-corrected chi connectivity index (χ3v) is 5.79. The molecule has 2 atom stereocenters. The van der Waals surface area contributed by atoms with Crippen molar-refractivity contribution in [3.05, 3.63) is 33.8 Å². The molecule has 2 heterocycles. The summed E-state index contributed by atoms with van der Waals surface area (Å²) in [6, 6.07) is 4.95. The lowest BCUT2D eigenvalue weighted by atomic mass is 9.84. The Labute approximate surface area is 157 Å². The van der Waals surface area contributed by atoms with Crippen molar-refractivity contribution in [2.45, 2.75) is 38.1 Å². The largest absolute Gasteiger partial charge is 0.449 e. The minimum atomic E-state index is -0.719. The summed E-state index contributed by atoms with van der Waals surface area (Å²) in [5.74, 6) is -0.202. The van der Waals surface area contributed by atoms with Crippen LogP contribution in [-0.4, -0.2) is 42.6 Å². The number of nitrogens with one attached hydrogen (secondary N) is 1. The van der Waals surface area contributed by atoms with Crippen molar-refractivity contribution in [2.24, 2.45) is 5.92 Å². The Balaban J connectivity index is 1.50.